The zero-order valence-electron chi connectivity index (χ0n) is 17.6. The van der Waals surface area contributed by atoms with Gasteiger partial charge in [-0.05, 0) is 87.5 Å². The molecule has 3 aromatic rings. The smallest absolute Gasteiger partial charge is 0.271 e. The lowest BCUT2D eigenvalue weighted by atomic mass is 10.1. The number of non-ortho nitro benzene ring substituents is 1. The van der Waals surface area contributed by atoms with Crippen molar-refractivity contribution in [1.29, 1.82) is 5.26 Å². The second-order valence-electron chi connectivity index (χ2n) is 7.14. The molecule has 0 spiro atoms. The van der Waals surface area contributed by atoms with Crippen molar-refractivity contribution in [2.75, 3.05) is 5.32 Å². The van der Waals surface area contributed by atoms with Crippen molar-refractivity contribution in [3.63, 3.8) is 0 Å². The minimum atomic E-state index is -0.678. The largest absolute Gasteiger partial charge is 0.487 e. The van der Waals surface area contributed by atoms with E-state index in [1.165, 1.54) is 18.2 Å². The first-order valence-corrected chi connectivity index (χ1v) is 12.3. The van der Waals surface area contributed by atoms with Crippen LogP contribution < -0.4 is 10.1 Å². The van der Waals surface area contributed by atoms with Gasteiger partial charge in [-0.15, -0.1) is 0 Å². The quantitative estimate of drug-likeness (QED) is 0.0951. The maximum Gasteiger partial charge on any atom is 0.271 e. The lowest BCUT2D eigenvalue weighted by Gasteiger charge is -2.12. The van der Waals surface area contributed by atoms with Crippen molar-refractivity contribution < 1.29 is 14.5 Å². The zero-order valence-corrected chi connectivity index (χ0v) is 22.7. The third-order valence-corrected chi connectivity index (χ3v) is 6.49. The number of anilines is 1. The van der Waals surface area contributed by atoms with Gasteiger partial charge in [-0.25, -0.2) is 0 Å². The average Bonchev–Trinajstić information content (AvgIpc) is 2.78. The van der Waals surface area contributed by atoms with Crippen LogP contribution >= 0.6 is 56.8 Å². The van der Waals surface area contributed by atoms with E-state index >= 15 is 0 Å². The first-order valence-electron chi connectivity index (χ1n) is 9.72. The van der Waals surface area contributed by atoms with Gasteiger partial charge < -0.3 is 10.1 Å². The number of hydrogen-bond donors (Lipinski definition) is 1. The molecule has 0 heterocycles. The Morgan fingerprint density at radius 2 is 1.91 bits per heavy atom. The van der Waals surface area contributed by atoms with Crippen LogP contribution in [-0.2, 0) is 11.4 Å². The Kier molecular flexibility index (Phi) is 8.87. The topological polar surface area (TPSA) is 105 Å². The highest BCUT2D eigenvalue weighted by molar-refractivity contribution is 14.1. The summed E-state index contributed by atoms with van der Waals surface area (Å²) in [6.45, 7) is 2.45. The highest BCUT2D eigenvalue weighted by Crippen LogP contribution is 2.31. The number of ether oxygens (including phenoxy) is 1. The minimum absolute atomic E-state index is 0.000881. The Labute approximate surface area is 228 Å². The van der Waals surface area contributed by atoms with Crippen LogP contribution in [0.1, 0.15) is 16.7 Å². The summed E-state index contributed by atoms with van der Waals surface area (Å²) in [6.07, 6.45) is 1.46. The summed E-state index contributed by atoms with van der Waals surface area (Å²) in [6, 6.07) is 17.3. The molecule has 0 aliphatic rings. The number of halogens is 3. The number of nitriles is 1. The molecule has 7 nitrogen and oxygen atoms in total. The Morgan fingerprint density at radius 3 is 2.50 bits per heavy atom. The Bertz CT molecular complexity index is 1330. The number of carbonyl (C=O) groups is 1. The van der Waals surface area contributed by atoms with Crippen molar-refractivity contribution in [2.24, 2.45) is 0 Å². The Hall–Kier alpha value is -2.69. The van der Waals surface area contributed by atoms with E-state index in [9.17, 15) is 20.2 Å². The van der Waals surface area contributed by atoms with Crippen LogP contribution in [0.15, 0.2) is 60.2 Å². The number of aryl methyl sites for hydroxylation is 1. The van der Waals surface area contributed by atoms with E-state index in [1.54, 1.807) is 0 Å². The van der Waals surface area contributed by atoms with Gasteiger partial charge in [0.15, 0.2) is 0 Å². The number of nitrogens with zero attached hydrogens (tertiary/aromatic N) is 2. The van der Waals surface area contributed by atoms with E-state index in [2.05, 4.69) is 56.6 Å². The maximum absolute atomic E-state index is 12.6. The molecular weight excluding hydrogens is 684 g/mol. The molecule has 3 aromatic carbocycles. The number of benzene rings is 3. The molecule has 0 bridgehead atoms. The number of rotatable bonds is 7. The normalized spacial score (nSPS) is 11.0. The molecule has 0 unspecified atom stereocenters. The Balaban J connectivity index is 1.78. The molecule has 0 saturated carbocycles. The van der Waals surface area contributed by atoms with Crippen molar-refractivity contribution in [3.05, 3.63) is 99.1 Å². The lowest BCUT2D eigenvalue weighted by Crippen LogP contribution is -2.13. The fraction of sp³-hybridized carbons (Fsp3) is 0.0833. The highest BCUT2D eigenvalue weighted by Gasteiger charge is 2.16. The van der Waals surface area contributed by atoms with Crippen LogP contribution in [0.4, 0.5) is 11.4 Å². The summed E-state index contributed by atoms with van der Waals surface area (Å²) >= 11 is 10.3. The Morgan fingerprint density at radius 1 is 1.21 bits per heavy atom. The van der Waals surface area contributed by atoms with Crippen molar-refractivity contribution in [3.8, 4) is 11.8 Å². The molecule has 1 N–H and O–H groups in total. The van der Waals surface area contributed by atoms with Crippen LogP contribution in [0.5, 0.6) is 5.75 Å². The third kappa shape index (κ3) is 6.68. The predicted octanol–water partition coefficient (Wildman–Crippen LogP) is 6.89. The number of amides is 1. The van der Waals surface area contributed by atoms with Crippen molar-refractivity contribution >= 4 is 80.1 Å². The van der Waals surface area contributed by atoms with Gasteiger partial charge in [0.1, 0.15) is 24.0 Å². The molecule has 0 aromatic heterocycles. The van der Waals surface area contributed by atoms with Crippen LogP contribution in [0, 0.1) is 35.5 Å². The predicted molar refractivity (Wildman–Crippen MR) is 148 cm³/mol. The average molecular weight is 700 g/mol. The lowest BCUT2D eigenvalue weighted by molar-refractivity contribution is -0.384. The van der Waals surface area contributed by atoms with Crippen LogP contribution in [0.3, 0.4) is 0 Å². The van der Waals surface area contributed by atoms with Gasteiger partial charge in [0.2, 0.25) is 0 Å². The molecule has 0 aliphatic heterocycles. The minimum Gasteiger partial charge on any atom is -0.487 e. The summed E-state index contributed by atoms with van der Waals surface area (Å²) in [5.74, 6) is 0.0449. The third-order valence-electron chi connectivity index (χ3n) is 4.57. The SMILES string of the molecule is Cc1cccc(COc2c(I)cc(/C=C(/C#N)C(=O)Nc3ccc([N+](=O)[O-])cc3Cl)cc2I)c1. The molecule has 0 aliphatic carbocycles. The summed E-state index contributed by atoms with van der Waals surface area (Å²) in [4.78, 5) is 22.9. The molecule has 34 heavy (non-hydrogen) atoms. The monoisotopic (exact) mass is 699 g/mol. The number of carbonyl (C=O) groups excluding carboxylic acids is 1. The van der Waals surface area contributed by atoms with Gasteiger partial charge >= 0.3 is 0 Å². The number of nitro groups is 1. The summed E-state index contributed by atoms with van der Waals surface area (Å²) in [7, 11) is 0. The zero-order chi connectivity index (χ0) is 24.8. The van der Waals surface area contributed by atoms with E-state index in [0.717, 1.165) is 30.1 Å². The molecule has 0 saturated heterocycles. The first kappa shape index (κ1) is 25.9. The van der Waals surface area contributed by atoms with E-state index in [-0.39, 0.29) is 22.0 Å². The van der Waals surface area contributed by atoms with E-state index in [0.29, 0.717) is 12.2 Å². The summed E-state index contributed by atoms with van der Waals surface area (Å²) < 4.78 is 7.68. The van der Waals surface area contributed by atoms with Gasteiger partial charge in [-0.2, -0.15) is 5.26 Å². The van der Waals surface area contributed by atoms with Gasteiger partial charge in [0, 0.05) is 12.1 Å². The fourth-order valence-corrected chi connectivity index (χ4v) is 5.33. The van der Waals surface area contributed by atoms with Crippen molar-refractivity contribution in [1.82, 2.24) is 0 Å². The van der Waals surface area contributed by atoms with E-state index in [4.69, 9.17) is 16.3 Å². The molecule has 3 rings (SSSR count). The molecule has 172 valence electrons. The van der Waals surface area contributed by atoms with E-state index < -0.39 is 10.8 Å². The van der Waals surface area contributed by atoms with Crippen molar-refractivity contribution in [2.45, 2.75) is 13.5 Å². The molecule has 0 radical (unpaired) electrons. The van der Waals surface area contributed by atoms with Crippen LogP contribution in [0.25, 0.3) is 6.08 Å². The maximum atomic E-state index is 12.6. The van der Waals surface area contributed by atoms with Crippen LogP contribution in [-0.4, -0.2) is 10.8 Å². The second kappa shape index (κ2) is 11.6. The van der Waals surface area contributed by atoms with Gasteiger partial charge in [0.05, 0.1) is 22.8 Å². The van der Waals surface area contributed by atoms with Gasteiger partial charge in [-0.3, -0.25) is 14.9 Å². The van der Waals surface area contributed by atoms with Gasteiger partial charge in [0.25, 0.3) is 11.6 Å². The van der Waals surface area contributed by atoms with Crippen LogP contribution in [0.2, 0.25) is 5.02 Å². The molecule has 10 heteroatoms. The fourth-order valence-electron chi connectivity index (χ4n) is 2.98. The summed E-state index contributed by atoms with van der Waals surface area (Å²) in [5, 5.41) is 22.9. The summed E-state index contributed by atoms with van der Waals surface area (Å²) in [5.41, 5.74) is 2.69. The number of nitrogens with one attached hydrogen (secondary N) is 1. The molecule has 0 atom stereocenters. The van der Waals surface area contributed by atoms with E-state index in [1.807, 2.05) is 43.3 Å². The number of nitro benzene ring substituents is 1. The molecular formula is C24H16ClI2N3O4. The second-order valence-corrected chi connectivity index (χ2v) is 9.87. The standard InChI is InChI=1S/C24H16ClI2N3O4/c1-14-3-2-4-15(7-14)13-34-23-20(26)9-16(10-21(23)27)8-17(12-28)24(31)29-22-6-5-18(30(32)33)11-19(22)25/h2-11H,13H2,1H3,(H,29,31)/b17-8-. The van der Waals surface area contributed by atoms with Gasteiger partial charge in [-0.1, -0.05) is 41.4 Å². The molecule has 0 fully saturated rings. The number of hydrogen-bond acceptors (Lipinski definition) is 5. The highest BCUT2D eigenvalue weighted by atomic mass is 127. The molecule has 1 amide bonds. The first-order chi connectivity index (χ1) is 16.2.